The lowest BCUT2D eigenvalue weighted by Crippen LogP contribution is -2.42. The first-order chi connectivity index (χ1) is 7.61. The smallest absolute Gasteiger partial charge is 0.219 e. The summed E-state index contributed by atoms with van der Waals surface area (Å²) in [6.45, 7) is 4.32. The molecule has 5 heteroatoms. The summed E-state index contributed by atoms with van der Waals surface area (Å²) in [6, 6.07) is 5.27. The highest BCUT2D eigenvalue weighted by molar-refractivity contribution is 8.00. The number of amides is 1. The van der Waals surface area contributed by atoms with Gasteiger partial charge in [-0.25, -0.2) is 0 Å². The van der Waals surface area contributed by atoms with Crippen molar-refractivity contribution >= 4 is 23.4 Å². The number of hydrogen-bond acceptors (Lipinski definition) is 4. The van der Waals surface area contributed by atoms with E-state index in [1.54, 1.807) is 23.9 Å². The Labute approximate surface area is 98.6 Å². The van der Waals surface area contributed by atoms with E-state index in [1.165, 1.54) is 6.92 Å². The molecular formula is C11H14N2O2S. The molecule has 86 valence electrons. The number of rotatable bonds is 2. The minimum atomic E-state index is -0.0701. The number of carbonyl (C=O) groups is 1. The molecular weight excluding hydrogens is 224 g/mol. The van der Waals surface area contributed by atoms with E-state index < -0.39 is 0 Å². The third-order valence-corrected chi connectivity index (χ3v) is 3.64. The number of thioether (sulfide) groups is 1. The predicted octanol–water partition coefficient (Wildman–Crippen LogP) is 1.74. The zero-order chi connectivity index (χ0) is 11.7. The van der Waals surface area contributed by atoms with Crippen LogP contribution in [-0.2, 0) is 4.79 Å². The lowest BCUT2D eigenvalue weighted by atomic mass is 10.3. The predicted molar refractivity (Wildman–Crippen MR) is 64.6 cm³/mol. The summed E-state index contributed by atoms with van der Waals surface area (Å²) < 4.78 is 0. The fraction of sp³-hybridized carbons (Fsp3) is 0.364. The van der Waals surface area contributed by atoms with E-state index in [0.717, 1.165) is 17.1 Å². The van der Waals surface area contributed by atoms with E-state index in [1.807, 2.05) is 13.0 Å². The first-order valence-electron chi connectivity index (χ1n) is 5.15. The molecule has 1 aromatic rings. The molecule has 16 heavy (non-hydrogen) atoms. The van der Waals surface area contributed by atoms with Crippen molar-refractivity contribution in [2.45, 2.75) is 24.2 Å². The summed E-state index contributed by atoms with van der Waals surface area (Å²) in [4.78, 5) is 14.2. The van der Waals surface area contributed by atoms with Crippen LogP contribution < -0.4 is 10.2 Å². The quantitative estimate of drug-likeness (QED) is 0.824. The van der Waals surface area contributed by atoms with Gasteiger partial charge in [-0.3, -0.25) is 4.79 Å². The van der Waals surface area contributed by atoms with Crippen LogP contribution in [0.1, 0.15) is 13.8 Å². The lowest BCUT2D eigenvalue weighted by Gasteiger charge is -2.25. The molecule has 0 saturated carbocycles. The summed E-state index contributed by atoms with van der Waals surface area (Å²) in [6.07, 6.45) is 0. The molecule has 1 amide bonds. The summed E-state index contributed by atoms with van der Waals surface area (Å²) in [5, 5.41) is 12.3. The van der Waals surface area contributed by atoms with Crippen LogP contribution in [0.4, 0.5) is 5.69 Å². The zero-order valence-corrected chi connectivity index (χ0v) is 10.0. The van der Waals surface area contributed by atoms with E-state index in [4.69, 9.17) is 0 Å². The maximum atomic E-state index is 11.1. The Bertz CT molecular complexity index is 422. The molecule has 0 radical (unpaired) electrons. The van der Waals surface area contributed by atoms with Crippen LogP contribution in [0, 0.1) is 0 Å². The maximum absolute atomic E-state index is 11.1. The number of carbonyl (C=O) groups excluding carboxylic acids is 1. The molecule has 1 aliphatic rings. The molecule has 4 nitrogen and oxygen atoms in total. The minimum absolute atomic E-state index is 0.0482. The molecule has 0 fully saturated rings. The molecule has 2 rings (SSSR count). The Balaban J connectivity index is 2.29. The Morgan fingerprint density at radius 3 is 3.00 bits per heavy atom. The van der Waals surface area contributed by atoms with Crippen LogP contribution in [0.3, 0.4) is 0 Å². The standard InChI is InChI=1S/C11H14N2O2S/c1-3-13-9-6-8(15)4-5-10(9)16-11(13)12-7(2)14/h4-6,11,15H,3H2,1-2H3,(H,12,14). The number of aromatic hydroxyl groups is 1. The minimum Gasteiger partial charge on any atom is -0.508 e. The topological polar surface area (TPSA) is 52.6 Å². The van der Waals surface area contributed by atoms with Gasteiger partial charge in [0.1, 0.15) is 5.75 Å². The highest BCUT2D eigenvalue weighted by Crippen LogP contribution is 2.43. The van der Waals surface area contributed by atoms with Crippen LogP contribution in [-0.4, -0.2) is 23.1 Å². The van der Waals surface area contributed by atoms with E-state index in [0.29, 0.717) is 0 Å². The highest BCUT2D eigenvalue weighted by Gasteiger charge is 2.29. The van der Waals surface area contributed by atoms with Crippen LogP contribution in [0.5, 0.6) is 5.75 Å². The SMILES string of the molecule is CCN1c2cc(O)ccc2SC1NC(C)=O. The third-order valence-electron chi connectivity index (χ3n) is 2.44. The van der Waals surface area contributed by atoms with Gasteiger partial charge in [0.05, 0.1) is 5.69 Å². The second kappa shape index (κ2) is 4.25. The Kier molecular flexibility index (Phi) is 2.96. The third kappa shape index (κ3) is 1.95. The lowest BCUT2D eigenvalue weighted by molar-refractivity contribution is -0.119. The number of phenolic OH excluding ortho intramolecular Hbond substituents is 1. The molecule has 0 bridgehead atoms. The largest absolute Gasteiger partial charge is 0.508 e. The molecule has 0 aromatic heterocycles. The van der Waals surface area contributed by atoms with Gasteiger partial charge in [-0.05, 0) is 19.1 Å². The second-order valence-corrected chi connectivity index (χ2v) is 4.73. The molecule has 0 saturated heterocycles. The molecule has 1 heterocycles. The Morgan fingerprint density at radius 1 is 1.62 bits per heavy atom. The maximum Gasteiger partial charge on any atom is 0.219 e. The summed E-state index contributed by atoms with van der Waals surface area (Å²) in [5.74, 6) is 0.203. The van der Waals surface area contributed by atoms with E-state index in [-0.39, 0.29) is 17.2 Å². The average molecular weight is 238 g/mol. The molecule has 0 aliphatic carbocycles. The van der Waals surface area contributed by atoms with Crippen molar-refractivity contribution in [3.05, 3.63) is 18.2 Å². The Morgan fingerprint density at radius 2 is 2.38 bits per heavy atom. The summed E-state index contributed by atoms with van der Waals surface area (Å²) in [5.41, 5.74) is 0.908. The van der Waals surface area contributed by atoms with Crippen molar-refractivity contribution in [1.29, 1.82) is 0 Å². The summed E-state index contributed by atoms with van der Waals surface area (Å²) >= 11 is 1.59. The van der Waals surface area contributed by atoms with Crippen LogP contribution in [0.2, 0.25) is 0 Å². The second-order valence-electron chi connectivity index (χ2n) is 3.61. The van der Waals surface area contributed by atoms with Gasteiger partial charge in [0, 0.05) is 24.4 Å². The first kappa shape index (κ1) is 11.1. The van der Waals surface area contributed by atoms with E-state index in [9.17, 15) is 9.90 Å². The van der Waals surface area contributed by atoms with Gasteiger partial charge in [-0.2, -0.15) is 0 Å². The fourth-order valence-corrected chi connectivity index (χ4v) is 3.06. The van der Waals surface area contributed by atoms with Gasteiger partial charge in [0.15, 0.2) is 5.50 Å². The number of phenols is 1. The molecule has 1 aromatic carbocycles. The molecule has 1 atom stereocenters. The van der Waals surface area contributed by atoms with Crippen molar-refractivity contribution in [2.75, 3.05) is 11.4 Å². The van der Waals surface area contributed by atoms with Crippen molar-refractivity contribution in [1.82, 2.24) is 5.32 Å². The average Bonchev–Trinajstić information content (AvgIpc) is 2.53. The number of fused-ring (bicyclic) bond motifs is 1. The van der Waals surface area contributed by atoms with E-state index in [2.05, 4.69) is 10.2 Å². The number of anilines is 1. The molecule has 2 N–H and O–H groups in total. The van der Waals surface area contributed by atoms with Gasteiger partial charge in [0.25, 0.3) is 0 Å². The van der Waals surface area contributed by atoms with E-state index >= 15 is 0 Å². The van der Waals surface area contributed by atoms with Crippen molar-refractivity contribution < 1.29 is 9.90 Å². The van der Waals surface area contributed by atoms with Gasteiger partial charge < -0.3 is 15.3 Å². The van der Waals surface area contributed by atoms with Gasteiger partial charge in [-0.1, -0.05) is 11.8 Å². The number of benzene rings is 1. The number of hydrogen-bond donors (Lipinski definition) is 2. The normalized spacial score (nSPS) is 18.4. The van der Waals surface area contributed by atoms with Gasteiger partial charge in [0.2, 0.25) is 5.91 Å². The molecule has 0 spiro atoms. The zero-order valence-electron chi connectivity index (χ0n) is 9.23. The van der Waals surface area contributed by atoms with Crippen molar-refractivity contribution in [3.8, 4) is 5.75 Å². The van der Waals surface area contributed by atoms with Gasteiger partial charge >= 0.3 is 0 Å². The number of nitrogens with zero attached hydrogens (tertiary/aromatic N) is 1. The Hall–Kier alpha value is -1.36. The molecule has 1 aliphatic heterocycles. The van der Waals surface area contributed by atoms with Gasteiger partial charge in [-0.15, -0.1) is 0 Å². The van der Waals surface area contributed by atoms with Crippen LogP contribution >= 0.6 is 11.8 Å². The van der Waals surface area contributed by atoms with Crippen molar-refractivity contribution in [3.63, 3.8) is 0 Å². The number of nitrogens with one attached hydrogen (secondary N) is 1. The van der Waals surface area contributed by atoms with Crippen molar-refractivity contribution in [2.24, 2.45) is 0 Å². The first-order valence-corrected chi connectivity index (χ1v) is 6.03. The monoisotopic (exact) mass is 238 g/mol. The van der Waals surface area contributed by atoms with Crippen LogP contribution in [0.25, 0.3) is 0 Å². The van der Waals surface area contributed by atoms with Crippen LogP contribution in [0.15, 0.2) is 23.1 Å². The fourth-order valence-electron chi connectivity index (χ4n) is 1.76. The molecule has 1 unspecified atom stereocenters. The summed E-state index contributed by atoms with van der Waals surface area (Å²) in [7, 11) is 0. The highest BCUT2D eigenvalue weighted by atomic mass is 32.2.